The lowest BCUT2D eigenvalue weighted by atomic mass is 9.49. The summed E-state index contributed by atoms with van der Waals surface area (Å²) in [4.78, 5) is 1.13. The Bertz CT molecular complexity index is 286. The molecule has 96 valence electrons. The van der Waals surface area contributed by atoms with E-state index in [1.54, 1.807) is 0 Å². The van der Waals surface area contributed by atoms with Crippen LogP contribution >= 0.6 is 12.2 Å². The van der Waals surface area contributed by atoms with E-state index in [0.29, 0.717) is 11.5 Å². The fraction of sp³-hybridized carbons (Fsp3) is 0.933. The Hall–Kier alpha value is -0.110. The minimum atomic E-state index is 0.497. The van der Waals surface area contributed by atoms with E-state index in [4.69, 9.17) is 12.2 Å². The average Bonchev–Trinajstić information content (AvgIpc) is 2.11. The zero-order chi connectivity index (χ0) is 12.0. The fourth-order valence-electron chi connectivity index (χ4n) is 5.22. The molecule has 1 N–H and O–H groups in total. The van der Waals surface area contributed by atoms with Gasteiger partial charge in [0.1, 0.15) is 0 Å². The second kappa shape index (κ2) is 4.22. The molecule has 4 bridgehead atoms. The maximum absolute atomic E-state index is 5.55. The molecule has 4 fully saturated rings. The molecule has 0 spiro atoms. The lowest BCUT2D eigenvalue weighted by molar-refractivity contribution is -0.0482. The highest BCUT2D eigenvalue weighted by molar-refractivity contribution is 7.80. The summed E-state index contributed by atoms with van der Waals surface area (Å²) >= 11 is 5.55. The van der Waals surface area contributed by atoms with Gasteiger partial charge in [-0.15, -0.1) is 0 Å². The Labute approximate surface area is 111 Å². The van der Waals surface area contributed by atoms with Gasteiger partial charge in [-0.25, -0.2) is 0 Å². The molecule has 2 heteroatoms. The van der Waals surface area contributed by atoms with Gasteiger partial charge in [0.05, 0.1) is 4.99 Å². The predicted molar refractivity (Wildman–Crippen MR) is 76.1 cm³/mol. The van der Waals surface area contributed by atoms with Crippen molar-refractivity contribution < 1.29 is 0 Å². The zero-order valence-corrected chi connectivity index (χ0v) is 12.0. The van der Waals surface area contributed by atoms with Crippen molar-refractivity contribution in [2.24, 2.45) is 23.2 Å². The highest BCUT2D eigenvalue weighted by Crippen LogP contribution is 2.61. The van der Waals surface area contributed by atoms with Gasteiger partial charge in [0.25, 0.3) is 0 Å². The second-order valence-electron chi connectivity index (χ2n) is 7.32. The molecule has 0 aromatic carbocycles. The van der Waals surface area contributed by atoms with E-state index < -0.39 is 0 Å². The van der Waals surface area contributed by atoms with Crippen LogP contribution in [-0.2, 0) is 0 Å². The number of rotatable bonds is 3. The summed E-state index contributed by atoms with van der Waals surface area (Å²) in [6.45, 7) is 4.37. The Balaban J connectivity index is 1.68. The van der Waals surface area contributed by atoms with Gasteiger partial charge >= 0.3 is 0 Å². The van der Waals surface area contributed by atoms with Crippen molar-refractivity contribution >= 4 is 17.2 Å². The first kappa shape index (κ1) is 12.0. The molecule has 0 radical (unpaired) electrons. The molecule has 0 saturated heterocycles. The SMILES string of the molecule is CC(C)NC(=S)CC12CC3CC(CC(C3)C1)C2. The molecule has 17 heavy (non-hydrogen) atoms. The molecule has 0 unspecified atom stereocenters. The third-order valence-electron chi connectivity index (χ3n) is 5.15. The van der Waals surface area contributed by atoms with Crippen LogP contribution in [0, 0.1) is 23.2 Å². The smallest absolute Gasteiger partial charge is 0.0760 e. The van der Waals surface area contributed by atoms with E-state index in [1.807, 2.05) is 0 Å². The maximum Gasteiger partial charge on any atom is 0.0760 e. The van der Waals surface area contributed by atoms with Crippen LogP contribution in [0.3, 0.4) is 0 Å². The summed E-state index contributed by atoms with van der Waals surface area (Å²) in [5.74, 6) is 3.13. The third kappa shape index (κ3) is 2.38. The van der Waals surface area contributed by atoms with E-state index in [2.05, 4.69) is 19.2 Å². The highest BCUT2D eigenvalue weighted by Gasteiger charge is 2.50. The van der Waals surface area contributed by atoms with Crippen LogP contribution in [-0.4, -0.2) is 11.0 Å². The first-order valence-electron chi connectivity index (χ1n) is 7.34. The molecule has 4 saturated carbocycles. The van der Waals surface area contributed by atoms with Crippen LogP contribution in [0.4, 0.5) is 0 Å². The normalized spacial score (nSPS) is 43.1. The molecular formula is C15H25NS. The van der Waals surface area contributed by atoms with Crippen molar-refractivity contribution in [1.82, 2.24) is 5.32 Å². The highest BCUT2D eigenvalue weighted by atomic mass is 32.1. The molecular weight excluding hydrogens is 226 g/mol. The first-order chi connectivity index (χ1) is 8.05. The van der Waals surface area contributed by atoms with Crippen LogP contribution in [0.2, 0.25) is 0 Å². The van der Waals surface area contributed by atoms with Crippen LogP contribution < -0.4 is 5.32 Å². The number of hydrogen-bond acceptors (Lipinski definition) is 1. The van der Waals surface area contributed by atoms with Gasteiger partial charge < -0.3 is 5.32 Å². The first-order valence-corrected chi connectivity index (χ1v) is 7.75. The Morgan fingerprint density at radius 2 is 1.59 bits per heavy atom. The molecule has 0 heterocycles. The average molecular weight is 251 g/mol. The Morgan fingerprint density at radius 3 is 2.00 bits per heavy atom. The van der Waals surface area contributed by atoms with Crippen LogP contribution in [0.5, 0.6) is 0 Å². The van der Waals surface area contributed by atoms with Gasteiger partial charge in [-0.2, -0.15) is 0 Å². The minimum absolute atomic E-state index is 0.497. The van der Waals surface area contributed by atoms with Gasteiger partial charge in [0.2, 0.25) is 0 Å². The number of hydrogen-bond donors (Lipinski definition) is 1. The van der Waals surface area contributed by atoms with Gasteiger partial charge in [0, 0.05) is 12.5 Å². The molecule has 4 rings (SSSR count). The monoisotopic (exact) mass is 251 g/mol. The molecule has 4 aliphatic rings. The molecule has 0 aromatic heterocycles. The van der Waals surface area contributed by atoms with Gasteiger partial charge in [-0.3, -0.25) is 0 Å². The molecule has 0 aliphatic heterocycles. The summed E-state index contributed by atoms with van der Waals surface area (Å²) in [6.07, 6.45) is 10.2. The molecule has 0 aromatic rings. The lowest BCUT2D eigenvalue weighted by Gasteiger charge is -2.57. The lowest BCUT2D eigenvalue weighted by Crippen LogP contribution is -2.48. The topological polar surface area (TPSA) is 12.0 Å². The van der Waals surface area contributed by atoms with Crippen molar-refractivity contribution in [3.63, 3.8) is 0 Å². The zero-order valence-electron chi connectivity index (χ0n) is 11.2. The van der Waals surface area contributed by atoms with Crippen molar-refractivity contribution in [3.8, 4) is 0 Å². The predicted octanol–water partition coefficient (Wildman–Crippen LogP) is 3.92. The largest absolute Gasteiger partial charge is 0.377 e. The molecule has 0 atom stereocenters. The minimum Gasteiger partial charge on any atom is -0.377 e. The fourth-order valence-corrected chi connectivity index (χ4v) is 5.76. The molecule has 4 aliphatic carbocycles. The summed E-state index contributed by atoms with van der Waals surface area (Å²) in [5.41, 5.74) is 0.605. The standard InChI is InChI=1S/C15H25NS/c1-10(2)16-14(17)9-15-6-11-3-12(7-15)5-13(4-11)8-15/h10-13H,3-9H2,1-2H3,(H,16,17). The number of thiocarbonyl (C=S) groups is 1. The van der Waals surface area contributed by atoms with Gasteiger partial charge in [-0.05, 0) is 75.5 Å². The summed E-state index contributed by atoms with van der Waals surface area (Å²) in [7, 11) is 0. The van der Waals surface area contributed by atoms with Crippen molar-refractivity contribution in [1.29, 1.82) is 0 Å². The second-order valence-corrected chi connectivity index (χ2v) is 7.81. The van der Waals surface area contributed by atoms with Crippen LogP contribution in [0.25, 0.3) is 0 Å². The van der Waals surface area contributed by atoms with E-state index >= 15 is 0 Å². The Morgan fingerprint density at radius 1 is 1.12 bits per heavy atom. The van der Waals surface area contributed by atoms with Crippen molar-refractivity contribution in [2.45, 2.75) is 64.8 Å². The summed E-state index contributed by atoms with van der Waals surface area (Å²) in [6, 6.07) is 0.497. The van der Waals surface area contributed by atoms with Crippen LogP contribution in [0.15, 0.2) is 0 Å². The van der Waals surface area contributed by atoms with Crippen molar-refractivity contribution in [3.05, 3.63) is 0 Å². The van der Waals surface area contributed by atoms with E-state index in [-0.39, 0.29) is 0 Å². The van der Waals surface area contributed by atoms with Crippen LogP contribution in [0.1, 0.15) is 58.8 Å². The molecule has 0 amide bonds. The van der Waals surface area contributed by atoms with Crippen molar-refractivity contribution in [2.75, 3.05) is 0 Å². The maximum atomic E-state index is 5.55. The number of nitrogens with one attached hydrogen (secondary N) is 1. The van der Waals surface area contributed by atoms with Gasteiger partial charge in [0.15, 0.2) is 0 Å². The summed E-state index contributed by atoms with van der Waals surface area (Å²) in [5, 5.41) is 3.45. The van der Waals surface area contributed by atoms with E-state index in [1.165, 1.54) is 44.9 Å². The molecule has 1 nitrogen and oxygen atoms in total. The van der Waals surface area contributed by atoms with E-state index in [0.717, 1.165) is 22.7 Å². The van der Waals surface area contributed by atoms with E-state index in [9.17, 15) is 0 Å². The quantitative estimate of drug-likeness (QED) is 0.763. The summed E-state index contributed by atoms with van der Waals surface area (Å²) < 4.78 is 0. The Kier molecular flexibility index (Phi) is 2.97. The van der Waals surface area contributed by atoms with Gasteiger partial charge in [-0.1, -0.05) is 12.2 Å². The third-order valence-corrected chi connectivity index (χ3v) is 5.41.